The van der Waals surface area contributed by atoms with Gasteiger partial charge in [-0.1, -0.05) is 25.0 Å². The Morgan fingerprint density at radius 2 is 2.14 bits per heavy atom. The van der Waals surface area contributed by atoms with Crippen LogP contribution in [0.2, 0.25) is 0 Å². The van der Waals surface area contributed by atoms with Gasteiger partial charge in [0.25, 0.3) is 0 Å². The summed E-state index contributed by atoms with van der Waals surface area (Å²) in [5.41, 5.74) is 0.258. The van der Waals surface area contributed by atoms with Crippen LogP contribution in [-0.4, -0.2) is 35.1 Å². The van der Waals surface area contributed by atoms with E-state index in [0.717, 1.165) is 25.7 Å². The highest BCUT2D eigenvalue weighted by atomic mass is 16.5. The Labute approximate surface area is 124 Å². The van der Waals surface area contributed by atoms with E-state index in [0.29, 0.717) is 17.9 Å². The third-order valence-electron chi connectivity index (χ3n) is 4.61. The molecule has 0 aromatic heterocycles. The molecule has 1 saturated carbocycles. The number of carbonyl (C=O) groups excluding carboxylic acids is 1. The van der Waals surface area contributed by atoms with Crippen LogP contribution in [0.15, 0.2) is 18.2 Å². The van der Waals surface area contributed by atoms with E-state index in [2.05, 4.69) is 5.32 Å². The van der Waals surface area contributed by atoms with E-state index < -0.39 is 5.54 Å². The van der Waals surface area contributed by atoms with Crippen molar-refractivity contribution in [1.82, 2.24) is 10.2 Å². The first-order valence-corrected chi connectivity index (χ1v) is 7.59. The van der Waals surface area contributed by atoms with Crippen LogP contribution in [0.5, 0.6) is 11.5 Å². The van der Waals surface area contributed by atoms with E-state index >= 15 is 0 Å². The average molecular weight is 290 g/mol. The van der Waals surface area contributed by atoms with E-state index in [1.54, 1.807) is 18.0 Å². The Balaban J connectivity index is 1.94. The molecule has 1 heterocycles. The number of para-hydroxylation sites is 1. The first-order valence-electron chi connectivity index (χ1n) is 7.59. The summed E-state index contributed by atoms with van der Waals surface area (Å²) < 4.78 is 5.43. The SMILES string of the molecule is CCOc1cccc([C@H]2NC3(CCCC3)C(=O)N2C)c1O. The van der Waals surface area contributed by atoms with Crippen molar-refractivity contribution in [1.29, 1.82) is 0 Å². The zero-order valence-corrected chi connectivity index (χ0v) is 12.6. The number of benzene rings is 1. The lowest BCUT2D eigenvalue weighted by Crippen LogP contribution is -2.43. The van der Waals surface area contributed by atoms with Crippen LogP contribution >= 0.6 is 0 Å². The first kappa shape index (κ1) is 14.2. The summed E-state index contributed by atoms with van der Waals surface area (Å²) in [6.07, 6.45) is 3.60. The molecular formula is C16H22N2O3. The molecule has 2 aliphatic rings. The number of ether oxygens (including phenoxy) is 1. The smallest absolute Gasteiger partial charge is 0.244 e. The van der Waals surface area contributed by atoms with Crippen LogP contribution in [0, 0.1) is 0 Å². The lowest BCUT2D eigenvalue weighted by atomic mass is 9.98. The van der Waals surface area contributed by atoms with E-state index in [-0.39, 0.29) is 17.8 Å². The van der Waals surface area contributed by atoms with Crippen molar-refractivity contribution in [3.8, 4) is 11.5 Å². The maximum atomic E-state index is 12.6. The maximum Gasteiger partial charge on any atom is 0.244 e. The standard InChI is InChI=1S/C16H22N2O3/c1-3-21-12-8-6-7-11(13(12)19)14-17-16(9-4-5-10-16)15(20)18(14)2/h6-8,14,17,19H,3-5,9-10H2,1-2H3/t14-/m0/s1. The second-order valence-corrected chi connectivity index (χ2v) is 5.88. The molecule has 0 radical (unpaired) electrons. The van der Waals surface area contributed by atoms with Gasteiger partial charge in [0.2, 0.25) is 5.91 Å². The van der Waals surface area contributed by atoms with Crippen LogP contribution in [0.25, 0.3) is 0 Å². The van der Waals surface area contributed by atoms with Crippen molar-refractivity contribution in [3.63, 3.8) is 0 Å². The van der Waals surface area contributed by atoms with Crippen LogP contribution in [-0.2, 0) is 4.79 Å². The molecule has 1 saturated heterocycles. The molecule has 1 aromatic rings. The summed E-state index contributed by atoms with van der Waals surface area (Å²) in [5, 5.41) is 13.9. The molecule has 21 heavy (non-hydrogen) atoms. The Hall–Kier alpha value is -1.75. The van der Waals surface area contributed by atoms with Crippen molar-refractivity contribution in [3.05, 3.63) is 23.8 Å². The summed E-state index contributed by atoms with van der Waals surface area (Å²) in [6, 6.07) is 5.43. The molecule has 2 fully saturated rings. The van der Waals surface area contributed by atoms with Crippen molar-refractivity contribution in [2.45, 2.75) is 44.3 Å². The van der Waals surface area contributed by atoms with Crippen molar-refractivity contribution in [2.24, 2.45) is 0 Å². The quantitative estimate of drug-likeness (QED) is 0.895. The van der Waals surface area contributed by atoms with Gasteiger partial charge in [0.1, 0.15) is 6.17 Å². The zero-order chi connectivity index (χ0) is 15.0. The Bertz CT molecular complexity index is 552. The van der Waals surface area contributed by atoms with E-state index in [1.165, 1.54) is 0 Å². The number of hydrogen-bond acceptors (Lipinski definition) is 4. The van der Waals surface area contributed by atoms with Gasteiger partial charge in [0, 0.05) is 12.6 Å². The van der Waals surface area contributed by atoms with Crippen LogP contribution < -0.4 is 10.1 Å². The lowest BCUT2D eigenvalue weighted by molar-refractivity contribution is -0.132. The van der Waals surface area contributed by atoms with E-state index in [4.69, 9.17) is 4.74 Å². The molecule has 0 unspecified atom stereocenters. The van der Waals surface area contributed by atoms with Gasteiger partial charge in [-0.3, -0.25) is 10.1 Å². The third kappa shape index (κ3) is 2.16. The molecular weight excluding hydrogens is 268 g/mol. The molecule has 5 nitrogen and oxygen atoms in total. The second kappa shape index (κ2) is 5.22. The molecule has 1 amide bonds. The molecule has 1 aromatic carbocycles. The summed E-state index contributed by atoms with van der Waals surface area (Å²) in [6.45, 7) is 2.37. The number of aromatic hydroxyl groups is 1. The Morgan fingerprint density at radius 3 is 2.81 bits per heavy atom. The molecule has 3 rings (SSSR count). The highest BCUT2D eigenvalue weighted by Crippen LogP contribution is 2.43. The van der Waals surface area contributed by atoms with Gasteiger partial charge < -0.3 is 14.7 Å². The predicted molar refractivity (Wildman–Crippen MR) is 79.1 cm³/mol. The second-order valence-electron chi connectivity index (χ2n) is 5.88. The largest absolute Gasteiger partial charge is 0.504 e. The minimum absolute atomic E-state index is 0.117. The van der Waals surface area contributed by atoms with Crippen molar-refractivity contribution >= 4 is 5.91 Å². The van der Waals surface area contributed by atoms with Gasteiger partial charge >= 0.3 is 0 Å². The topological polar surface area (TPSA) is 61.8 Å². The summed E-state index contributed by atoms with van der Waals surface area (Å²) in [5.74, 6) is 0.711. The van der Waals surface area contributed by atoms with Gasteiger partial charge in [-0.25, -0.2) is 0 Å². The number of phenolic OH excluding ortho intramolecular Hbond substituents is 1. The monoisotopic (exact) mass is 290 g/mol. The third-order valence-corrected chi connectivity index (χ3v) is 4.61. The van der Waals surface area contributed by atoms with E-state index in [1.807, 2.05) is 19.1 Å². The van der Waals surface area contributed by atoms with Gasteiger partial charge in [-0.05, 0) is 25.8 Å². The average Bonchev–Trinajstić information content (AvgIpc) is 3.04. The number of rotatable bonds is 3. The lowest BCUT2D eigenvalue weighted by Gasteiger charge is -2.22. The molecule has 2 N–H and O–H groups in total. The summed E-state index contributed by atoms with van der Waals surface area (Å²) in [4.78, 5) is 14.3. The number of hydrogen-bond donors (Lipinski definition) is 2. The minimum atomic E-state index is -0.437. The predicted octanol–water partition coefficient (Wildman–Crippen LogP) is 2.16. The van der Waals surface area contributed by atoms with Gasteiger partial charge in [0.05, 0.1) is 12.1 Å². The maximum absolute atomic E-state index is 12.6. The fourth-order valence-electron chi connectivity index (χ4n) is 3.53. The Kier molecular flexibility index (Phi) is 3.53. The van der Waals surface area contributed by atoms with Crippen LogP contribution in [0.4, 0.5) is 0 Å². The highest BCUT2D eigenvalue weighted by Gasteiger charge is 2.51. The van der Waals surface area contributed by atoms with E-state index in [9.17, 15) is 9.90 Å². The van der Waals surface area contributed by atoms with Gasteiger partial charge in [0.15, 0.2) is 11.5 Å². The highest BCUT2D eigenvalue weighted by molar-refractivity contribution is 5.89. The number of likely N-dealkylation sites (N-methyl/N-ethyl adjacent to an activating group) is 1. The number of phenols is 1. The Morgan fingerprint density at radius 1 is 1.43 bits per heavy atom. The molecule has 1 atom stereocenters. The number of carbonyl (C=O) groups is 1. The number of amides is 1. The van der Waals surface area contributed by atoms with Crippen molar-refractivity contribution in [2.75, 3.05) is 13.7 Å². The molecule has 114 valence electrons. The molecule has 5 heteroatoms. The zero-order valence-electron chi connectivity index (χ0n) is 12.6. The fourth-order valence-corrected chi connectivity index (χ4v) is 3.53. The van der Waals surface area contributed by atoms with Gasteiger partial charge in [-0.2, -0.15) is 0 Å². The summed E-state index contributed by atoms with van der Waals surface area (Å²) >= 11 is 0. The first-order chi connectivity index (χ1) is 10.1. The number of nitrogens with zero attached hydrogens (tertiary/aromatic N) is 1. The summed E-state index contributed by atoms with van der Waals surface area (Å²) in [7, 11) is 1.79. The van der Waals surface area contributed by atoms with Gasteiger partial charge in [-0.15, -0.1) is 0 Å². The fraction of sp³-hybridized carbons (Fsp3) is 0.562. The number of nitrogens with one attached hydrogen (secondary N) is 1. The minimum Gasteiger partial charge on any atom is -0.504 e. The molecule has 1 spiro atoms. The normalized spacial score (nSPS) is 24.0. The van der Waals surface area contributed by atoms with Crippen LogP contribution in [0.3, 0.4) is 0 Å². The van der Waals surface area contributed by atoms with Crippen molar-refractivity contribution < 1.29 is 14.6 Å². The van der Waals surface area contributed by atoms with Crippen LogP contribution in [0.1, 0.15) is 44.3 Å². The molecule has 1 aliphatic heterocycles. The molecule has 1 aliphatic carbocycles. The molecule has 0 bridgehead atoms.